The first-order chi connectivity index (χ1) is 10.9. The highest BCUT2D eigenvalue weighted by molar-refractivity contribution is 5.09. The lowest BCUT2D eigenvalue weighted by Gasteiger charge is -2.31. The minimum atomic E-state index is 0.293. The molecule has 1 saturated heterocycles. The zero-order valence-corrected chi connectivity index (χ0v) is 13.5. The molecule has 5 nitrogen and oxygen atoms in total. The highest BCUT2D eigenvalue weighted by Gasteiger charge is 2.28. The van der Waals surface area contributed by atoms with Gasteiger partial charge in [0, 0.05) is 38.7 Å². The SMILES string of the molecule is CCn1ccnc1C(NCC1=CCCOC1)C1CCOCC1. The number of ether oxygens (including phenoxy) is 2. The van der Waals surface area contributed by atoms with Crippen molar-refractivity contribution in [2.45, 2.75) is 38.8 Å². The standard InChI is InChI=1S/C17H27N3O2/c1-2-20-8-7-18-17(20)16(15-5-10-21-11-6-15)19-12-14-4-3-9-22-13-14/h4,7-8,15-16,19H,2-3,5-6,9-13H2,1H3. The Morgan fingerprint density at radius 1 is 1.32 bits per heavy atom. The summed E-state index contributed by atoms with van der Waals surface area (Å²) in [5, 5.41) is 3.75. The molecule has 3 heterocycles. The molecule has 0 amide bonds. The Morgan fingerprint density at radius 2 is 2.18 bits per heavy atom. The maximum Gasteiger partial charge on any atom is 0.126 e. The summed E-state index contributed by atoms with van der Waals surface area (Å²) in [5.74, 6) is 1.75. The van der Waals surface area contributed by atoms with Crippen LogP contribution >= 0.6 is 0 Å². The molecular weight excluding hydrogens is 278 g/mol. The van der Waals surface area contributed by atoms with Crippen molar-refractivity contribution in [2.75, 3.05) is 33.0 Å². The average Bonchev–Trinajstić information content (AvgIpc) is 3.05. The number of nitrogens with zero attached hydrogens (tertiary/aromatic N) is 2. The van der Waals surface area contributed by atoms with E-state index in [2.05, 4.69) is 34.1 Å². The number of hydrogen-bond acceptors (Lipinski definition) is 4. The van der Waals surface area contributed by atoms with Crippen LogP contribution in [0.4, 0.5) is 0 Å². The van der Waals surface area contributed by atoms with Crippen molar-refractivity contribution >= 4 is 0 Å². The first-order valence-corrected chi connectivity index (χ1v) is 8.46. The molecule has 5 heteroatoms. The van der Waals surface area contributed by atoms with Crippen LogP contribution in [0.5, 0.6) is 0 Å². The van der Waals surface area contributed by atoms with Gasteiger partial charge >= 0.3 is 0 Å². The van der Waals surface area contributed by atoms with E-state index in [0.29, 0.717) is 12.0 Å². The summed E-state index contributed by atoms with van der Waals surface area (Å²) >= 11 is 0. The van der Waals surface area contributed by atoms with Crippen molar-refractivity contribution in [3.8, 4) is 0 Å². The van der Waals surface area contributed by atoms with E-state index in [1.165, 1.54) is 5.57 Å². The zero-order chi connectivity index (χ0) is 15.2. The molecule has 1 aromatic heterocycles. The molecule has 3 rings (SSSR count). The fourth-order valence-electron chi connectivity index (χ4n) is 3.36. The average molecular weight is 305 g/mol. The van der Waals surface area contributed by atoms with E-state index in [1.807, 2.05) is 6.20 Å². The predicted octanol–water partition coefficient (Wildman–Crippen LogP) is 2.31. The topological polar surface area (TPSA) is 48.3 Å². The van der Waals surface area contributed by atoms with Crippen molar-refractivity contribution in [2.24, 2.45) is 5.92 Å². The summed E-state index contributed by atoms with van der Waals surface area (Å²) < 4.78 is 13.3. The van der Waals surface area contributed by atoms with Gasteiger partial charge in [0.1, 0.15) is 5.82 Å². The van der Waals surface area contributed by atoms with E-state index < -0.39 is 0 Å². The van der Waals surface area contributed by atoms with Gasteiger partial charge < -0.3 is 19.4 Å². The molecule has 0 aromatic carbocycles. The summed E-state index contributed by atoms with van der Waals surface area (Å²) in [6.07, 6.45) is 9.53. The molecule has 1 N–H and O–H groups in total. The first kappa shape index (κ1) is 15.7. The number of aromatic nitrogens is 2. The normalized spacial score (nSPS) is 21.6. The molecule has 2 aliphatic rings. The Morgan fingerprint density at radius 3 is 2.91 bits per heavy atom. The first-order valence-electron chi connectivity index (χ1n) is 8.46. The van der Waals surface area contributed by atoms with Crippen LogP contribution in [0, 0.1) is 5.92 Å². The summed E-state index contributed by atoms with van der Waals surface area (Å²) in [6, 6.07) is 0.293. The molecule has 1 atom stereocenters. The van der Waals surface area contributed by atoms with Crippen molar-refractivity contribution in [3.05, 3.63) is 29.9 Å². The van der Waals surface area contributed by atoms with Gasteiger partial charge in [0.2, 0.25) is 0 Å². The molecule has 0 radical (unpaired) electrons. The third kappa shape index (κ3) is 3.77. The van der Waals surface area contributed by atoms with Gasteiger partial charge in [-0.2, -0.15) is 0 Å². The highest BCUT2D eigenvalue weighted by Crippen LogP contribution is 2.29. The van der Waals surface area contributed by atoms with Crippen LogP contribution in [0.25, 0.3) is 0 Å². The molecule has 0 aliphatic carbocycles. The molecule has 1 fully saturated rings. The Balaban J connectivity index is 1.72. The molecular formula is C17H27N3O2. The molecule has 122 valence electrons. The van der Waals surface area contributed by atoms with Crippen molar-refractivity contribution in [1.82, 2.24) is 14.9 Å². The summed E-state index contributed by atoms with van der Waals surface area (Å²) in [7, 11) is 0. The van der Waals surface area contributed by atoms with E-state index in [1.54, 1.807) is 0 Å². The molecule has 22 heavy (non-hydrogen) atoms. The second-order valence-corrected chi connectivity index (χ2v) is 6.08. The molecule has 0 saturated carbocycles. The lowest BCUT2D eigenvalue weighted by Crippen LogP contribution is -2.35. The quantitative estimate of drug-likeness (QED) is 0.819. The lowest BCUT2D eigenvalue weighted by molar-refractivity contribution is 0.0521. The Kier molecular flexibility index (Phi) is 5.64. The van der Waals surface area contributed by atoms with Crippen LogP contribution in [-0.4, -0.2) is 42.5 Å². The minimum absolute atomic E-state index is 0.293. The summed E-state index contributed by atoms with van der Waals surface area (Å²) in [4.78, 5) is 4.64. The van der Waals surface area contributed by atoms with Gasteiger partial charge in [-0.05, 0) is 37.7 Å². The van der Waals surface area contributed by atoms with Gasteiger partial charge in [-0.3, -0.25) is 0 Å². The zero-order valence-electron chi connectivity index (χ0n) is 13.5. The van der Waals surface area contributed by atoms with Gasteiger partial charge in [-0.1, -0.05) is 6.08 Å². The number of imidazole rings is 1. The second kappa shape index (κ2) is 7.90. The van der Waals surface area contributed by atoms with Gasteiger partial charge in [-0.15, -0.1) is 0 Å². The number of nitrogens with one attached hydrogen (secondary N) is 1. The monoisotopic (exact) mass is 305 g/mol. The Hall–Kier alpha value is -1.17. The van der Waals surface area contributed by atoms with E-state index in [9.17, 15) is 0 Å². The molecule has 0 spiro atoms. The third-order valence-electron chi connectivity index (χ3n) is 4.64. The van der Waals surface area contributed by atoms with Crippen LogP contribution in [0.1, 0.15) is 38.1 Å². The van der Waals surface area contributed by atoms with Crippen LogP contribution in [0.15, 0.2) is 24.0 Å². The fraction of sp³-hybridized carbons (Fsp3) is 0.706. The fourth-order valence-corrected chi connectivity index (χ4v) is 3.36. The highest BCUT2D eigenvalue weighted by atomic mass is 16.5. The molecule has 0 bridgehead atoms. The van der Waals surface area contributed by atoms with Crippen LogP contribution in [-0.2, 0) is 16.0 Å². The largest absolute Gasteiger partial charge is 0.381 e. The number of hydrogen-bond donors (Lipinski definition) is 1. The van der Waals surface area contributed by atoms with E-state index in [0.717, 1.165) is 64.6 Å². The van der Waals surface area contributed by atoms with Crippen molar-refractivity contribution < 1.29 is 9.47 Å². The van der Waals surface area contributed by atoms with Gasteiger partial charge in [0.25, 0.3) is 0 Å². The lowest BCUT2D eigenvalue weighted by atomic mass is 9.90. The summed E-state index contributed by atoms with van der Waals surface area (Å²) in [5.41, 5.74) is 1.36. The minimum Gasteiger partial charge on any atom is -0.381 e. The number of aryl methyl sites for hydroxylation is 1. The van der Waals surface area contributed by atoms with Crippen LogP contribution in [0.2, 0.25) is 0 Å². The third-order valence-corrected chi connectivity index (χ3v) is 4.64. The van der Waals surface area contributed by atoms with Gasteiger partial charge in [0.15, 0.2) is 0 Å². The smallest absolute Gasteiger partial charge is 0.126 e. The van der Waals surface area contributed by atoms with Crippen molar-refractivity contribution in [1.29, 1.82) is 0 Å². The number of rotatable bonds is 6. The van der Waals surface area contributed by atoms with E-state index >= 15 is 0 Å². The van der Waals surface area contributed by atoms with Crippen molar-refractivity contribution in [3.63, 3.8) is 0 Å². The van der Waals surface area contributed by atoms with E-state index in [4.69, 9.17) is 9.47 Å². The van der Waals surface area contributed by atoms with Crippen LogP contribution in [0.3, 0.4) is 0 Å². The maximum absolute atomic E-state index is 5.55. The van der Waals surface area contributed by atoms with Crippen LogP contribution < -0.4 is 5.32 Å². The maximum atomic E-state index is 5.55. The summed E-state index contributed by atoms with van der Waals surface area (Å²) in [6.45, 7) is 7.36. The molecule has 1 aromatic rings. The van der Waals surface area contributed by atoms with E-state index in [-0.39, 0.29) is 0 Å². The second-order valence-electron chi connectivity index (χ2n) is 6.08. The molecule has 2 aliphatic heterocycles. The predicted molar refractivity (Wildman–Crippen MR) is 85.7 cm³/mol. The van der Waals surface area contributed by atoms with Gasteiger partial charge in [0.05, 0.1) is 19.3 Å². The Labute approximate surface area is 132 Å². The molecule has 1 unspecified atom stereocenters. The Bertz CT molecular complexity index is 492. The van der Waals surface area contributed by atoms with Gasteiger partial charge in [-0.25, -0.2) is 4.98 Å².